The molecule has 0 unspecified atom stereocenters. The first-order valence-corrected chi connectivity index (χ1v) is 8.36. The second-order valence-electron chi connectivity index (χ2n) is 5.96. The van der Waals surface area contributed by atoms with Gasteiger partial charge in [-0.3, -0.25) is 19.6 Å². The molecule has 2 aliphatic rings. The molecule has 2 rings (SSSR count). The molecule has 0 aromatic rings. The summed E-state index contributed by atoms with van der Waals surface area (Å²) in [5, 5.41) is 19.2. The summed E-state index contributed by atoms with van der Waals surface area (Å²) in [5.74, 6) is -0.428. The molecule has 0 aromatic heterocycles. The van der Waals surface area contributed by atoms with Gasteiger partial charge in [0.1, 0.15) is 25.0 Å². The van der Waals surface area contributed by atoms with Crippen LogP contribution in [0.3, 0.4) is 0 Å². The summed E-state index contributed by atoms with van der Waals surface area (Å²) in [6.45, 7) is 10.9. The molecule has 0 aliphatic carbocycles. The minimum atomic E-state index is -0.747. The Morgan fingerprint density at radius 2 is 1.19 bits per heavy atom. The van der Waals surface area contributed by atoms with E-state index >= 15 is 0 Å². The summed E-state index contributed by atoms with van der Waals surface area (Å²) in [4.78, 5) is 31.1. The van der Waals surface area contributed by atoms with Crippen LogP contribution in [0.5, 0.6) is 0 Å². The topological polar surface area (TPSA) is 106 Å². The molecule has 2 N–H and O–H groups in total. The molecule has 0 atom stereocenters. The monoisotopic (exact) mass is 370 g/mol. The smallest absolute Gasteiger partial charge is 0.325 e. The number of aliphatic hydroxyl groups excluding tert-OH is 2. The van der Waals surface area contributed by atoms with Crippen LogP contribution in [0.25, 0.3) is 0 Å². The van der Waals surface area contributed by atoms with E-state index in [2.05, 4.69) is 13.2 Å². The zero-order valence-corrected chi connectivity index (χ0v) is 15.1. The molecule has 0 spiro atoms. The first-order valence-electron chi connectivity index (χ1n) is 8.36. The zero-order valence-electron chi connectivity index (χ0n) is 15.1. The van der Waals surface area contributed by atoms with Crippen molar-refractivity contribution in [3.05, 3.63) is 24.7 Å². The standard InChI is InChI=1S/C16H26N4O6/c1-5-25-9-19-14-13(17(15(19)23)7-11(3)21)18(8-12(4)22)16(24)20(14)10-26-6-2/h13-14,21-22H,3-10H2,1-2H3. The summed E-state index contributed by atoms with van der Waals surface area (Å²) in [6, 6.07) is -0.822. The predicted octanol–water partition coefficient (Wildman–Crippen LogP) is 1.25. The van der Waals surface area contributed by atoms with Gasteiger partial charge >= 0.3 is 12.1 Å². The molecular weight excluding hydrogens is 344 g/mol. The Labute approximate surface area is 152 Å². The van der Waals surface area contributed by atoms with E-state index in [4.69, 9.17) is 9.47 Å². The fraction of sp³-hybridized carbons (Fsp3) is 0.625. The van der Waals surface area contributed by atoms with Crippen LogP contribution in [0, 0.1) is 0 Å². The third-order valence-electron chi connectivity index (χ3n) is 4.10. The van der Waals surface area contributed by atoms with Crippen LogP contribution < -0.4 is 0 Å². The van der Waals surface area contributed by atoms with Crippen molar-refractivity contribution in [3.8, 4) is 0 Å². The van der Waals surface area contributed by atoms with Crippen molar-refractivity contribution in [1.82, 2.24) is 19.6 Å². The lowest BCUT2D eigenvalue weighted by Gasteiger charge is -2.29. The molecule has 0 aromatic carbocycles. The van der Waals surface area contributed by atoms with Gasteiger partial charge in [-0.15, -0.1) is 0 Å². The van der Waals surface area contributed by atoms with E-state index < -0.39 is 24.4 Å². The number of rotatable bonds is 10. The number of carbonyl (C=O) groups excluding carboxylic acids is 2. The summed E-state index contributed by atoms with van der Waals surface area (Å²) in [5.41, 5.74) is 0. The first kappa shape index (κ1) is 19.9. The molecule has 10 nitrogen and oxygen atoms in total. The first-order chi connectivity index (χ1) is 12.3. The Hall–Kier alpha value is -2.46. The number of nitrogens with zero attached hydrogens (tertiary/aromatic N) is 4. The molecular formula is C16H26N4O6. The number of carbonyl (C=O) groups is 2. The number of hydrogen-bond acceptors (Lipinski definition) is 6. The van der Waals surface area contributed by atoms with Crippen LogP contribution >= 0.6 is 0 Å². The molecule has 2 heterocycles. The summed E-state index contributed by atoms with van der Waals surface area (Å²) in [6.07, 6.45) is -1.43. The highest BCUT2D eigenvalue weighted by molar-refractivity contribution is 5.85. The molecule has 4 amide bonds. The van der Waals surface area contributed by atoms with E-state index in [1.807, 2.05) is 0 Å². The van der Waals surface area contributed by atoms with E-state index in [1.54, 1.807) is 13.8 Å². The minimum Gasteiger partial charge on any atom is -0.511 e. The Bertz CT molecular complexity index is 535. The molecule has 10 heteroatoms. The highest BCUT2D eigenvalue weighted by atomic mass is 16.5. The van der Waals surface area contributed by atoms with Gasteiger partial charge in [0.25, 0.3) is 0 Å². The maximum absolute atomic E-state index is 12.8. The normalized spacial score (nSPS) is 22.4. The van der Waals surface area contributed by atoms with Gasteiger partial charge in [-0.05, 0) is 13.8 Å². The molecule has 26 heavy (non-hydrogen) atoms. The average molecular weight is 370 g/mol. The molecule has 2 saturated heterocycles. The highest BCUT2D eigenvalue weighted by Crippen LogP contribution is 2.35. The number of amides is 4. The maximum Gasteiger partial charge on any atom is 0.325 e. The average Bonchev–Trinajstić information content (AvgIpc) is 2.97. The van der Waals surface area contributed by atoms with E-state index in [-0.39, 0.29) is 38.1 Å². The molecule has 2 aliphatic heterocycles. The van der Waals surface area contributed by atoms with Crippen molar-refractivity contribution >= 4 is 12.1 Å². The summed E-state index contributed by atoms with van der Waals surface area (Å²) >= 11 is 0. The molecule has 0 bridgehead atoms. The van der Waals surface area contributed by atoms with Gasteiger partial charge < -0.3 is 19.7 Å². The van der Waals surface area contributed by atoms with Crippen molar-refractivity contribution in [3.63, 3.8) is 0 Å². The number of aliphatic hydroxyl groups is 2. The Balaban J connectivity index is 2.41. The summed E-state index contributed by atoms with van der Waals surface area (Å²) in [7, 11) is 0. The van der Waals surface area contributed by atoms with Crippen molar-refractivity contribution in [1.29, 1.82) is 0 Å². The molecule has 0 saturated carbocycles. The van der Waals surface area contributed by atoms with E-state index in [0.29, 0.717) is 13.2 Å². The van der Waals surface area contributed by atoms with Crippen molar-refractivity contribution < 1.29 is 29.3 Å². The third kappa shape index (κ3) is 3.70. The zero-order chi connectivity index (χ0) is 19.4. The Kier molecular flexibility index (Phi) is 6.32. The fourth-order valence-electron chi connectivity index (χ4n) is 3.12. The van der Waals surface area contributed by atoms with Crippen LogP contribution in [0.15, 0.2) is 24.7 Å². The Morgan fingerprint density at radius 3 is 1.50 bits per heavy atom. The van der Waals surface area contributed by atoms with Gasteiger partial charge in [-0.2, -0.15) is 0 Å². The van der Waals surface area contributed by atoms with Gasteiger partial charge in [0.2, 0.25) is 0 Å². The van der Waals surface area contributed by atoms with Gasteiger partial charge in [-0.25, -0.2) is 9.59 Å². The lowest BCUT2D eigenvalue weighted by molar-refractivity contribution is -0.0211. The van der Waals surface area contributed by atoms with Crippen molar-refractivity contribution in [2.75, 3.05) is 39.8 Å². The second kappa shape index (κ2) is 8.28. The number of fused-ring (bicyclic) bond motifs is 1. The molecule has 2 fully saturated rings. The van der Waals surface area contributed by atoms with E-state index in [9.17, 15) is 19.8 Å². The Morgan fingerprint density at radius 1 is 0.846 bits per heavy atom. The van der Waals surface area contributed by atoms with Crippen LogP contribution in [0.1, 0.15) is 13.8 Å². The van der Waals surface area contributed by atoms with Crippen LogP contribution in [0.4, 0.5) is 9.59 Å². The van der Waals surface area contributed by atoms with Gasteiger partial charge in [0.05, 0.1) is 13.1 Å². The third-order valence-corrected chi connectivity index (χ3v) is 4.10. The highest BCUT2D eigenvalue weighted by Gasteiger charge is 2.59. The quantitative estimate of drug-likeness (QED) is 0.561. The predicted molar refractivity (Wildman–Crippen MR) is 92.0 cm³/mol. The SMILES string of the molecule is C=C(O)CN1C(=O)N(COCC)C2C1N(CC(=C)O)C(=O)N2COCC. The van der Waals surface area contributed by atoms with Gasteiger partial charge in [-0.1, -0.05) is 13.2 Å². The second-order valence-corrected chi connectivity index (χ2v) is 5.96. The van der Waals surface area contributed by atoms with Gasteiger partial charge in [0.15, 0.2) is 12.3 Å². The molecule has 0 radical (unpaired) electrons. The van der Waals surface area contributed by atoms with Crippen LogP contribution in [-0.4, -0.2) is 94.0 Å². The number of hydrogen-bond donors (Lipinski definition) is 2. The van der Waals surface area contributed by atoms with Crippen LogP contribution in [-0.2, 0) is 9.47 Å². The minimum absolute atomic E-state index is 0.0191. The van der Waals surface area contributed by atoms with Crippen molar-refractivity contribution in [2.24, 2.45) is 0 Å². The lowest BCUT2D eigenvalue weighted by atomic mass is 10.3. The number of ether oxygens (including phenoxy) is 2. The van der Waals surface area contributed by atoms with Crippen LogP contribution in [0.2, 0.25) is 0 Å². The lowest BCUT2D eigenvalue weighted by Crippen LogP contribution is -2.48. The van der Waals surface area contributed by atoms with E-state index in [0.717, 1.165) is 0 Å². The van der Waals surface area contributed by atoms with Gasteiger partial charge in [0, 0.05) is 13.2 Å². The maximum atomic E-state index is 12.8. The van der Waals surface area contributed by atoms with E-state index in [1.165, 1.54) is 19.6 Å². The fourth-order valence-corrected chi connectivity index (χ4v) is 3.12. The number of urea groups is 2. The summed E-state index contributed by atoms with van der Waals surface area (Å²) < 4.78 is 10.8. The molecule has 146 valence electrons. The van der Waals surface area contributed by atoms with Crippen molar-refractivity contribution in [2.45, 2.75) is 26.2 Å². The largest absolute Gasteiger partial charge is 0.511 e.